The highest BCUT2D eigenvalue weighted by molar-refractivity contribution is 5.94. The van der Waals surface area contributed by atoms with Gasteiger partial charge in [-0.15, -0.1) is 12.3 Å². The van der Waals surface area contributed by atoms with Crippen LogP contribution < -0.4 is 15.8 Å². The van der Waals surface area contributed by atoms with E-state index in [9.17, 15) is 4.79 Å². The third kappa shape index (κ3) is 4.48. The Morgan fingerprint density at radius 2 is 2.06 bits per heavy atom. The molecule has 3 N–H and O–H groups in total. The number of hydrogen-bond acceptors (Lipinski definition) is 3. The van der Waals surface area contributed by atoms with E-state index in [0.717, 1.165) is 5.75 Å². The maximum Gasteiger partial charge on any atom is 0.242 e. The molecular formula is C14H18N2O2. The fourth-order valence-corrected chi connectivity index (χ4v) is 1.34. The van der Waals surface area contributed by atoms with Gasteiger partial charge in [0.25, 0.3) is 0 Å². The highest BCUT2D eigenvalue weighted by Gasteiger charge is 2.11. The Labute approximate surface area is 108 Å². The van der Waals surface area contributed by atoms with Crippen LogP contribution in [0.25, 0.3) is 0 Å². The Hall–Kier alpha value is -1.99. The van der Waals surface area contributed by atoms with Crippen LogP contribution >= 0.6 is 0 Å². The molecule has 1 amide bonds. The predicted molar refractivity (Wildman–Crippen MR) is 72.3 cm³/mol. The lowest BCUT2D eigenvalue weighted by Crippen LogP contribution is -2.35. The van der Waals surface area contributed by atoms with E-state index in [1.54, 1.807) is 24.3 Å². The summed E-state index contributed by atoms with van der Waals surface area (Å²) in [5, 5.41) is 2.69. The Morgan fingerprint density at radius 3 is 2.56 bits per heavy atom. The van der Waals surface area contributed by atoms with Crippen molar-refractivity contribution in [3.8, 4) is 18.1 Å². The normalized spacial score (nSPS) is 11.7. The zero-order valence-corrected chi connectivity index (χ0v) is 10.6. The van der Waals surface area contributed by atoms with E-state index in [1.165, 1.54) is 0 Å². The van der Waals surface area contributed by atoms with Gasteiger partial charge in [-0.2, -0.15) is 0 Å². The van der Waals surface area contributed by atoms with Gasteiger partial charge in [-0.25, -0.2) is 0 Å². The highest BCUT2D eigenvalue weighted by Crippen LogP contribution is 2.17. The fourth-order valence-electron chi connectivity index (χ4n) is 1.34. The molecule has 0 aromatic heterocycles. The first kappa shape index (κ1) is 14.1. The van der Waals surface area contributed by atoms with Crippen molar-refractivity contribution in [2.24, 2.45) is 5.73 Å². The number of carbonyl (C=O) groups is 1. The number of ether oxygens (including phenoxy) is 1. The number of carbonyl (C=O) groups excluding carboxylic acids is 1. The van der Waals surface area contributed by atoms with Gasteiger partial charge in [0.1, 0.15) is 5.75 Å². The lowest BCUT2D eigenvalue weighted by molar-refractivity contribution is -0.117. The second-order valence-electron chi connectivity index (χ2n) is 4.19. The molecule has 0 aliphatic carbocycles. The van der Waals surface area contributed by atoms with Gasteiger partial charge in [0.05, 0.1) is 12.1 Å². The summed E-state index contributed by atoms with van der Waals surface area (Å²) >= 11 is 0. The summed E-state index contributed by atoms with van der Waals surface area (Å²) in [6.45, 7) is 3.91. The van der Waals surface area contributed by atoms with Gasteiger partial charge in [-0.05, 0) is 38.1 Å². The number of terminal acetylenes is 1. The summed E-state index contributed by atoms with van der Waals surface area (Å²) < 4.78 is 5.50. The minimum atomic E-state index is -0.679. The van der Waals surface area contributed by atoms with E-state index in [0.29, 0.717) is 5.69 Å². The number of hydrogen-bond donors (Lipinski definition) is 2. The van der Waals surface area contributed by atoms with Crippen molar-refractivity contribution in [1.82, 2.24) is 0 Å². The first-order valence-corrected chi connectivity index (χ1v) is 5.79. The van der Waals surface area contributed by atoms with Crippen molar-refractivity contribution in [1.29, 1.82) is 0 Å². The van der Waals surface area contributed by atoms with Crippen molar-refractivity contribution in [2.75, 3.05) is 5.32 Å². The number of amides is 1. The van der Waals surface area contributed by atoms with E-state index in [2.05, 4.69) is 11.2 Å². The van der Waals surface area contributed by atoms with Crippen LogP contribution in [0.15, 0.2) is 24.3 Å². The van der Waals surface area contributed by atoms with Crippen molar-refractivity contribution in [3.05, 3.63) is 24.3 Å². The van der Waals surface area contributed by atoms with Gasteiger partial charge in [0.15, 0.2) is 0 Å². The molecule has 96 valence electrons. The zero-order chi connectivity index (χ0) is 13.5. The summed E-state index contributed by atoms with van der Waals surface area (Å²) in [7, 11) is 0. The van der Waals surface area contributed by atoms with Crippen LogP contribution in [0.5, 0.6) is 5.75 Å². The van der Waals surface area contributed by atoms with Crippen LogP contribution in [0.4, 0.5) is 5.69 Å². The number of anilines is 1. The molecule has 1 rings (SSSR count). The van der Waals surface area contributed by atoms with Crippen molar-refractivity contribution < 1.29 is 9.53 Å². The first-order valence-electron chi connectivity index (χ1n) is 5.79. The molecule has 0 bridgehead atoms. The second-order valence-corrected chi connectivity index (χ2v) is 4.19. The Kier molecular flexibility index (Phi) is 5.22. The van der Waals surface area contributed by atoms with Crippen LogP contribution in [0.2, 0.25) is 0 Å². The molecule has 1 unspecified atom stereocenters. The fraction of sp³-hybridized carbons (Fsp3) is 0.357. The molecular weight excluding hydrogens is 228 g/mol. The van der Waals surface area contributed by atoms with Crippen LogP contribution in [0.3, 0.4) is 0 Å². The topological polar surface area (TPSA) is 64.4 Å². The third-order valence-electron chi connectivity index (χ3n) is 2.17. The minimum absolute atomic E-state index is 0.120. The van der Waals surface area contributed by atoms with Gasteiger partial charge in [0.2, 0.25) is 5.91 Å². The maximum atomic E-state index is 11.6. The molecule has 1 atom stereocenters. The average molecular weight is 246 g/mol. The number of nitrogens with one attached hydrogen (secondary N) is 1. The van der Waals surface area contributed by atoms with Gasteiger partial charge in [-0.1, -0.05) is 0 Å². The summed E-state index contributed by atoms with van der Waals surface area (Å²) in [4.78, 5) is 11.6. The molecule has 0 fully saturated rings. The molecule has 4 nitrogen and oxygen atoms in total. The lowest BCUT2D eigenvalue weighted by Gasteiger charge is -2.12. The highest BCUT2D eigenvalue weighted by atomic mass is 16.5. The third-order valence-corrected chi connectivity index (χ3v) is 2.17. The standard InChI is InChI=1S/C14H18N2O2/c1-4-5-13(15)14(17)16-11-6-8-12(9-7-11)18-10(2)3/h1,6-10,13H,5,15H2,2-3H3,(H,16,17). The summed E-state index contributed by atoms with van der Waals surface area (Å²) in [5.41, 5.74) is 6.26. The zero-order valence-electron chi connectivity index (χ0n) is 10.6. The minimum Gasteiger partial charge on any atom is -0.491 e. The quantitative estimate of drug-likeness (QED) is 0.778. The molecule has 1 aromatic carbocycles. The van der Waals surface area contributed by atoms with E-state index in [-0.39, 0.29) is 18.4 Å². The van der Waals surface area contributed by atoms with Gasteiger partial charge in [-0.3, -0.25) is 4.79 Å². The van der Waals surface area contributed by atoms with E-state index < -0.39 is 6.04 Å². The molecule has 0 aliphatic heterocycles. The van der Waals surface area contributed by atoms with Crippen molar-refractivity contribution >= 4 is 11.6 Å². The molecule has 1 aromatic rings. The van der Waals surface area contributed by atoms with Gasteiger partial charge < -0.3 is 15.8 Å². The number of nitrogens with two attached hydrogens (primary N) is 1. The van der Waals surface area contributed by atoms with Crippen LogP contribution in [-0.4, -0.2) is 18.1 Å². The van der Waals surface area contributed by atoms with E-state index in [4.69, 9.17) is 16.9 Å². The SMILES string of the molecule is C#CCC(N)C(=O)Nc1ccc(OC(C)C)cc1. The second kappa shape index (κ2) is 6.67. The summed E-state index contributed by atoms with van der Waals surface area (Å²) in [6.07, 6.45) is 5.44. The average Bonchev–Trinajstić information content (AvgIpc) is 2.31. The van der Waals surface area contributed by atoms with Crippen molar-refractivity contribution in [3.63, 3.8) is 0 Å². The molecule has 0 saturated carbocycles. The van der Waals surface area contributed by atoms with E-state index >= 15 is 0 Å². The predicted octanol–water partition coefficient (Wildman–Crippen LogP) is 1.76. The number of benzene rings is 1. The molecule has 18 heavy (non-hydrogen) atoms. The Balaban J connectivity index is 2.58. The van der Waals surface area contributed by atoms with Gasteiger partial charge in [0, 0.05) is 12.1 Å². The maximum absolute atomic E-state index is 11.6. The van der Waals surface area contributed by atoms with Crippen LogP contribution in [0.1, 0.15) is 20.3 Å². The Bertz CT molecular complexity index is 432. The summed E-state index contributed by atoms with van der Waals surface area (Å²) in [6, 6.07) is 6.43. The van der Waals surface area contributed by atoms with Crippen LogP contribution in [0, 0.1) is 12.3 Å². The van der Waals surface area contributed by atoms with Crippen molar-refractivity contribution in [2.45, 2.75) is 32.4 Å². The molecule has 4 heteroatoms. The summed E-state index contributed by atoms with van der Waals surface area (Å²) in [5.74, 6) is 2.83. The van der Waals surface area contributed by atoms with Crippen LogP contribution in [-0.2, 0) is 4.79 Å². The Morgan fingerprint density at radius 1 is 1.44 bits per heavy atom. The monoisotopic (exact) mass is 246 g/mol. The number of rotatable bonds is 5. The molecule has 0 heterocycles. The largest absolute Gasteiger partial charge is 0.491 e. The smallest absolute Gasteiger partial charge is 0.242 e. The van der Waals surface area contributed by atoms with E-state index in [1.807, 2.05) is 13.8 Å². The van der Waals surface area contributed by atoms with Gasteiger partial charge >= 0.3 is 0 Å². The molecule has 0 saturated heterocycles. The first-order chi connectivity index (χ1) is 8.52. The molecule has 0 radical (unpaired) electrons. The molecule has 0 aliphatic rings. The molecule has 0 spiro atoms. The lowest BCUT2D eigenvalue weighted by atomic mass is 10.2.